The third-order valence-electron chi connectivity index (χ3n) is 1.15. The Kier molecular flexibility index (Phi) is 3.61. The second kappa shape index (κ2) is 4.00. The van der Waals surface area contributed by atoms with E-state index in [0.29, 0.717) is 0 Å². The van der Waals surface area contributed by atoms with Crippen LogP contribution in [-0.2, 0) is 9.59 Å². The van der Waals surface area contributed by atoms with Crippen molar-refractivity contribution in [2.75, 3.05) is 0 Å². The Morgan fingerprint density at radius 2 is 1.08 bits per heavy atom. The molecular weight excluding hydrogens is 172 g/mol. The number of carboxylic acids is 2. The Morgan fingerprint density at radius 3 is 1.25 bits per heavy atom. The number of aliphatic hydroxyl groups excluding tert-OH is 3. The molecule has 0 heterocycles. The van der Waals surface area contributed by atoms with Gasteiger partial charge in [0, 0.05) is 0 Å². The monoisotopic (exact) mass is 180 g/mol. The van der Waals surface area contributed by atoms with Gasteiger partial charge >= 0.3 is 11.9 Å². The van der Waals surface area contributed by atoms with E-state index in [-0.39, 0.29) is 0 Å². The standard InChI is InChI=1S/C5H8O7/c6-1(2(7)4(9)10)3(8)5(11)12/h1-3,6-8H,(H,9,10)(H,11,12)/t2-,3-/m0/s1. The number of rotatable bonds is 4. The number of hydrogen-bond donors (Lipinski definition) is 5. The van der Waals surface area contributed by atoms with Gasteiger partial charge < -0.3 is 25.5 Å². The molecule has 0 amide bonds. The van der Waals surface area contributed by atoms with E-state index < -0.39 is 30.3 Å². The minimum atomic E-state index is -2.31. The summed E-state index contributed by atoms with van der Waals surface area (Å²) in [6, 6.07) is 0. The van der Waals surface area contributed by atoms with Crippen LogP contribution in [0.2, 0.25) is 0 Å². The fraction of sp³-hybridized carbons (Fsp3) is 0.600. The molecule has 5 N–H and O–H groups in total. The second-order valence-corrected chi connectivity index (χ2v) is 2.06. The van der Waals surface area contributed by atoms with E-state index in [0.717, 1.165) is 0 Å². The third kappa shape index (κ3) is 2.46. The highest BCUT2D eigenvalue weighted by molar-refractivity contribution is 5.77. The first-order valence-electron chi connectivity index (χ1n) is 2.87. The van der Waals surface area contributed by atoms with Crippen molar-refractivity contribution >= 4 is 11.9 Å². The van der Waals surface area contributed by atoms with Gasteiger partial charge in [0.25, 0.3) is 0 Å². The molecule has 0 bridgehead atoms. The van der Waals surface area contributed by atoms with Gasteiger partial charge in [-0.2, -0.15) is 0 Å². The highest BCUT2D eigenvalue weighted by Gasteiger charge is 2.34. The topological polar surface area (TPSA) is 135 Å². The van der Waals surface area contributed by atoms with Gasteiger partial charge in [-0.15, -0.1) is 0 Å². The van der Waals surface area contributed by atoms with Crippen molar-refractivity contribution in [1.29, 1.82) is 0 Å². The molecular formula is C5H8O7. The minimum absolute atomic E-state index is 1.80. The van der Waals surface area contributed by atoms with Crippen LogP contribution >= 0.6 is 0 Å². The lowest BCUT2D eigenvalue weighted by Gasteiger charge is -2.16. The third-order valence-corrected chi connectivity index (χ3v) is 1.15. The van der Waals surface area contributed by atoms with Gasteiger partial charge in [0.2, 0.25) is 0 Å². The average molecular weight is 180 g/mol. The number of carboxylic acid groups (broad SMARTS) is 2. The highest BCUT2D eigenvalue weighted by Crippen LogP contribution is 2.00. The number of hydrogen-bond acceptors (Lipinski definition) is 5. The number of aliphatic hydroxyl groups is 3. The van der Waals surface area contributed by atoms with Gasteiger partial charge in [-0.3, -0.25) is 0 Å². The Hall–Kier alpha value is -1.18. The van der Waals surface area contributed by atoms with Crippen LogP contribution in [0.3, 0.4) is 0 Å². The van der Waals surface area contributed by atoms with E-state index in [2.05, 4.69) is 0 Å². The van der Waals surface area contributed by atoms with Crippen LogP contribution in [0, 0.1) is 0 Å². The van der Waals surface area contributed by atoms with Gasteiger partial charge in [-0.1, -0.05) is 0 Å². The van der Waals surface area contributed by atoms with Gasteiger partial charge in [-0.05, 0) is 0 Å². The van der Waals surface area contributed by atoms with Gasteiger partial charge in [0.05, 0.1) is 0 Å². The van der Waals surface area contributed by atoms with Crippen molar-refractivity contribution < 1.29 is 35.1 Å². The molecule has 0 saturated heterocycles. The lowest BCUT2D eigenvalue weighted by atomic mass is 10.1. The van der Waals surface area contributed by atoms with Crippen LogP contribution in [0.4, 0.5) is 0 Å². The normalized spacial score (nSPS) is 15.7. The zero-order valence-corrected chi connectivity index (χ0v) is 5.78. The maximum atomic E-state index is 9.95. The van der Waals surface area contributed by atoms with Gasteiger partial charge in [0.1, 0.15) is 6.10 Å². The summed E-state index contributed by atoms with van der Waals surface area (Å²) in [4.78, 5) is 19.9. The summed E-state index contributed by atoms with van der Waals surface area (Å²) in [7, 11) is 0. The van der Waals surface area contributed by atoms with Crippen LogP contribution in [0.15, 0.2) is 0 Å². The Labute approximate surface area is 66.5 Å². The predicted octanol–water partition coefficient (Wildman–Crippen LogP) is -2.76. The first kappa shape index (κ1) is 10.8. The predicted molar refractivity (Wildman–Crippen MR) is 33.3 cm³/mol. The second-order valence-electron chi connectivity index (χ2n) is 2.06. The van der Waals surface area contributed by atoms with E-state index in [1.54, 1.807) is 0 Å². The Morgan fingerprint density at radius 1 is 0.833 bits per heavy atom. The number of aliphatic carboxylic acids is 2. The molecule has 0 rings (SSSR count). The molecule has 0 unspecified atom stereocenters. The van der Waals surface area contributed by atoms with E-state index in [4.69, 9.17) is 25.5 Å². The molecule has 0 aliphatic rings. The summed E-state index contributed by atoms with van der Waals surface area (Å²) < 4.78 is 0. The van der Waals surface area contributed by atoms with Crippen molar-refractivity contribution in [1.82, 2.24) is 0 Å². The lowest BCUT2D eigenvalue weighted by molar-refractivity contribution is -0.167. The van der Waals surface area contributed by atoms with Crippen LogP contribution < -0.4 is 0 Å². The Bertz CT molecular complexity index is 168. The van der Waals surface area contributed by atoms with E-state index in [1.807, 2.05) is 0 Å². The van der Waals surface area contributed by atoms with E-state index in [9.17, 15) is 9.59 Å². The molecule has 12 heavy (non-hydrogen) atoms. The van der Waals surface area contributed by atoms with Crippen molar-refractivity contribution in [2.45, 2.75) is 18.3 Å². The highest BCUT2D eigenvalue weighted by atomic mass is 16.4. The van der Waals surface area contributed by atoms with Crippen molar-refractivity contribution in [3.63, 3.8) is 0 Å². The van der Waals surface area contributed by atoms with E-state index >= 15 is 0 Å². The largest absolute Gasteiger partial charge is 0.479 e. The van der Waals surface area contributed by atoms with Crippen molar-refractivity contribution in [2.24, 2.45) is 0 Å². The molecule has 7 heteroatoms. The van der Waals surface area contributed by atoms with E-state index in [1.165, 1.54) is 0 Å². The average Bonchev–Trinajstić information content (AvgIpc) is 2.00. The van der Waals surface area contributed by atoms with Crippen LogP contribution in [-0.4, -0.2) is 55.8 Å². The zero-order chi connectivity index (χ0) is 9.89. The summed E-state index contributed by atoms with van der Waals surface area (Å²) in [5.74, 6) is -3.61. The first-order chi connectivity index (χ1) is 5.37. The summed E-state index contributed by atoms with van der Waals surface area (Å²) >= 11 is 0. The maximum Gasteiger partial charge on any atom is 0.335 e. The van der Waals surface area contributed by atoms with Crippen LogP contribution in [0.5, 0.6) is 0 Å². The summed E-state index contributed by atoms with van der Waals surface area (Å²) in [6.07, 6.45) is -6.85. The fourth-order valence-corrected chi connectivity index (χ4v) is 0.465. The van der Waals surface area contributed by atoms with Crippen molar-refractivity contribution in [3.8, 4) is 0 Å². The fourth-order valence-electron chi connectivity index (χ4n) is 0.465. The molecule has 0 fully saturated rings. The molecule has 0 spiro atoms. The van der Waals surface area contributed by atoms with Crippen molar-refractivity contribution in [3.05, 3.63) is 0 Å². The molecule has 70 valence electrons. The smallest absolute Gasteiger partial charge is 0.335 e. The summed E-state index contributed by atoms with van der Waals surface area (Å²) in [5, 5.41) is 41.9. The quantitative estimate of drug-likeness (QED) is 0.316. The summed E-state index contributed by atoms with van der Waals surface area (Å²) in [5.41, 5.74) is 0. The molecule has 0 aromatic heterocycles. The first-order valence-corrected chi connectivity index (χ1v) is 2.87. The molecule has 0 radical (unpaired) electrons. The molecule has 0 saturated carbocycles. The molecule has 0 aliphatic carbocycles. The summed E-state index contributed by atoms with van der Waals surface area (Å²) in [6.45, 7) is 0. The van der Waals surface area contributed by atoms with Gasteiger partial charge in [-0.25, -0.2) is 9.59 Å². The SMILES string of the molecule is O=C(O)[C@@H](O)C(O)[C@H](O)C(=O)O. The molecule has 0 aliphatic heterocycles. The molecule has 0 aromatic carbocycles. The number of carbonyl (C=O) groups is 2. The minimum Gasteiger partial charge on any atom is -0.479 e. The zero-order valence-electron chi connectivity index (χ0n) is 5.78. The van der Waals surface area contributed by atoms with Crippen LogP contribution in [0.25, 0.3) is 0 Å². The molecule has 7 nitrogen and oxygen atoms in total. The lowest BCUT2D eigenvalue weighted by Crippen LogP contribution is -2.45. The van der Waals surface area contributed by atoms with Gasteiger partial charge in [0.15, 0.2) is 12.2 Å². The van der Waals surface area contributed by atoms with Crippen LogP contribution in [0.1, 0.15) is 0 Å². The molecule has 0 aromatic rings. The maximum absolute atomic E-state index is 9.95. The molecule has 2 atom stereocenters. The Balaban J connectivity index is 4.28.